The highest BCUT2D eigenvalue weighted by molar-refractivity contribution is 7.90. The first-order chi connectivity index (χ1) is 19.2. The van der Waals surface area contributed by atoms with Crippen molar-refractivity contribution in [3.63, 3.8) is 0 Å². The monoisotopic (exact) mass is 590 g/mol. The number of esters is 1. The van der Waals surface area contributed by atoms with Crippen LogP contribution < -0.4 is 15.4 Å². The highest BCUT2D eigenvalue weighted by atomic mass is 32.2. The van der Waals surface area contributed by atoms with E-state index in [0.717, 1.165) is 24.0 Å². The molecule has 2 aliphatic rings. The molecule has 5 amide bonds. The number of nitrogens with zero attached hydrogens (tertiary/aromatic N) is 1. The van der Waals surface area contributed by atoms with E-state index in [4.69, 9.17) is 4.74 Å². The second kappa shape index (κ2) is 13.5. The van der Waals surface area contributed by atoms with Crippen molar-refractivity contribution in [2.45, 2.75) is 84.1 Å². The molecule has 0 atom stereocenters. The summed E-state index contributed by atoms with van der Waals surface area (Å²) in [7, 11) is -4.07. The van der Waals surface area contributed by atoms with Gasteiger partial charge in [0.1, 0.15) is 0 Å². The molecule has 0 bridgehead atoms. The summed E-state index contributed by atoms with van der Waals surface area (Å²) in [6.07, 6.45) is 3.88. The van der Waals surface area contributed by atoms with Crippen molar-refractivity contribution < 1.29 is 32.3 Å². The van der Waals surface area contributed by atoms with E-state index in [-0.39, 0.29) is 41.8 Å². The van der Waals surface area contributed by atoms with Crippen LogP contribution in [0.3, 0.4) is 0 Å². The quantitative estimate of drug-likeness (QED) is 0.372. The maximum absolute atomic E-state index is 12.7. The molecule has 1 aliphatic heterocycles. The standard InChI is InChI=1S/C29H42N4O7S/c1-6-24-19(2)17-33(25(24)34)28(37)30-16-15-20-9-13-23(14-10-20)41(38,39)32-27(36)31-22-11-7-21(8-12-22)18-40-26(35)29(3,4)5/h9-10,13-14,21-22H,6-8,11-12,15-18H2,1-5H3,(H,30,37)(H2,31,32,36). The Balaban J connectivity index is 1.40. The second-order valence-corrected chi connectivity index (χ2v) is 13.5. The zero-order valence-electron chi connectivity index (χ0n) is 24.5. The summed E-state index contributed by atoms with van der Waals surface area (Å²) in [6.45, 7) is 10.1. The van der Waals surface area contributed by atoms with E-state index in [1.54, 1.807) is 32.9 Å². The van der Waals surface area contributed by atoms with Crippen LogP contribution in [0.1, 0.15) is 72.3 Å². The number of urea groups is 2. The lowest BCUT2D eigenvalue weighted by atomic mass is 9.86. The fourth-order valence-electron chi connectivity index (χ4n) is 4.89. The SMILES string of the molecule is CCC1=C(C)CN(C(=O)NCCc2ccc(S(=O)(=O)NC(=O)NC3CCC(COC(=O)C(C)(C)C)CC3)cc2)C1=O. The Morgan fingerprint density at radius 3 is 2.24 bits per heavy atom. The lowest BCUT2D eigenvalue weighted by molar-refractivity contribution is -0.154. The smallest absolute Gasteiger partial charge is 0.328 e. The van der Waals surface area contributed by atoms with Crippen LogP contribution in [-0.4, -0.2) is 63.0 Å². The Kier molecular flexibility index (Phi) is 10.6. The summed E-state index contributed by atoms with van der Waals surface area (Å²) < 4.78 is 32.9. The number of carbonyl (C=O) groups is 4. The third-order valence-corrected chi connectivity index (χ3v) is 8.75. The number of ether oxygens (including phenoxy) is 1. The van der Waals surface area contributed by atoms with Gasteiger partial charge in [-0.05, 0) is 95.4 Å². The van der Waals surface area contributed by atoms with Gasteiger partial charge in [-0.25, -0.2) is 22.7 Å². The molecule has 0 spiro atoms. The highest BCUT2D eigenvalue weighted by Crippen LogP contribution is 2.26. The number of imide groups is 1. The Morgan fingerprint density at radius 1 is 1.05 bits per heavy atom. The number of rotatable bonds is 9. The van der Waals surface area contributed by atoms with Crippen LogP contribution in [0.5, 0.6) is 0 Å². The van der Waals surface area contributed by atoms with Gasteiger partial charge < -0.3 is 15.4 Å². The molecule has 3 rings (SSSR count). The predicted molar refractivity (Wildman–Crippen MR) is 153 cm³/mol. The van der Waals surface area contributed by atoms with Gasteiger partial charge in [-0.15, -0.1) is 0 Å². The molecular formula is C29H42N4O7S. The zero-order valence-corrected chi connectivity index (χ0v) is 25.4. The van der Waals surface area contributed by atoms with Gasteiger partial charge in [-0.2, -0.15) is 0 Å². The fourth-order valence-corrected chi connectivity index (χ4v) is 5.81. The average Bonchev–Trinajstić information content (AvgIpc) is 3.20. The summed E-state index contributed by atoms with van der Waals surface area (Å²) >= 11 is 0. The van der Waals surface area contributed by atoms with Crippen LogP contribution in [0.2, 0.25) is 0 Å². The van der Waals surface area contributed by atoms with Gasteiger partial charge in [0.25, 0.3) is 15.9 Å². The van der Waals surface area contributed by atoms with Gasteiger partial charge in [0, 0.05) is 18.2 Å². The molecule has 1 aromatic rings. The minimum absolute atomic E-state index is 0.0545. The number of carbonyl (C=O) groups excluding carboxylic acids is 4. The minimum Gasteiger partial charge on any atom is -0.465 e. The van der Waals surface area contributed by atoms with Gasteiger partial charge in [0.2, 0.25) is 0 Å². The molecule has 0 aromatic heterocycles. The van der Waals surface area contributed by atoms with E-state index in [1.807, 2.05) is 13.8 Å². The predicted octanol–water partition coefficient (Wildman–Crippen LogP) is 3.64. The lowest BCUT2D eigenvalue weighted by Crippen LogP contribution is -2.45. The van der Waals surface area contributed by atoms with Gasteiger partial charge >= 0.3 is 18.0 Å². The summed E-state index contributed by atoms with van der Waals surface area (Å²) in [5.41, 5.74) is 1.81. The Hall–Kier alpha value is -3.41. The maximum Gasteiger partial charge on any atom is 0.328 e. The first-order valence-corrected chi connectivity index (χ1v) is 15.6. The molecule has 1 heterocycles. The summed E-state index contributed by atoms with van der Waals surface area (Å²) in [6, 6.07) is 4.64. The van der Waals surface area contributed by atoms with Gasteiger partial charge in [0.05, 0.1) is 23.5 Å². The number of nitrogens with one attached hydrogen (secondary N) is 3. The summed E-state index contributed by atoms with van der Waals surface area (Å²) in [4.78, 5) is 50.3. The highest BCUT2D eigenvalue weighted by Gasteiger charge is 2.31. The molecule has 3 N–H and O–H groups in total. The molecule has 1 saturated carbocycles. The normalized spacial score (nSPS) is 19.6. The summed E-state index contributed by atoms with van der Waals surface area (Å²) in [5.74, 6) is -0.286. The first-order valence-electron chi connectivity index (χ1n) is 14.1. The van der Waals surface area contributed by atoms with Crippen molar-refractivity contribution >= 4 is 34.0 Å². The molecule has 0 unspecified atom stereocenters. The molecule has 1 fully saturated rings. The molecule has 0 radical (unpaired) electrons. The Labute approximate surface area is 242 Å². The van der Waals surface area contributed by atoms with Crippen molar-refractivity contribution in [3.8, 4) is 0 Å². The van der Waals surface area contributed by atoms with Crippen LogP contribution in [0.15, 0.2) is 40.3 Å². The average molecular weight is 591 g/mol. The fraction of sp³-hybridized carbons (Fsp3) is 0.586. The molecule has 11 nitrogen and oxygen atoms in total. The van der Waals surface area contributed by atoms with Crippen LogP contribution in [0.25, 0.3) is 0 Å². The third-order valence-electron chi connectivity index (χ3n) is 7.41. The van der Waals surface area contributed by atoms with Gasteiger partial charge in [0.15, 0.2) is 0 Å². The van der Waals surface area contributed by atoms with Gasteiger partial charge in [-0.3, -0.25) is 14.5 Å². The van der Waals surface area contributed by atoms with Crippen LogP contribution in [-0.2, 0) is 30.8 Å². The van der Waals surface area contributed by atoms with Crippen LogP contribution in [0.4, 0.5) is 9.59 Å². The molecule has 1 aliphatic carbocycles. The largest absolute Gasteiger partial charge is 0.465 e. The molecule has 41 heavy (non-hydrogen) atoms. The molecule has 0 saturated heterocycles. The third kappa shape index (κ3) is 8.79. The second-order valence-electron chi connectivity index (χ2n) is 11.8. The Morgan fingerprint density at radius 2 is 1.68 bits per heavy atom. The summed E-state index contributed by atoms with van der Waals surface area (Å²) in [5, 5.41) is 5.46. The molecule has 1 aromatic carbocycles. The topological polar surface area (TPSA) is 151 Å². The number of hydrogen-bond acceptors (Lipinski definition) is 7. The van der Waals surface area contributed by atoms with Crippen molar-refractivity contribution in [2.24, 2.45) is 11.3 Å². The van der Waals surface area contributed by atoms with E-state index in [9.17, 15) is 27.6 Å². The van der Waals surface area contributed by atoms with Crippen LogP contribution >= 0.6 is 0 Å². The molecular weight excluding hydrogens is 548 g/mol. The van der Waals surface area contributed by atoms with Crippen molar-refractivity contribution in [1.29, 1.82) is 0 Å². The van der Waals surface area contributed by atoms with E-state index in [0.29, 0.717) is 37.9 Å². The number of hydrogen-bond donors (Lipinski definition) is 3. The van der Waals surface area contributed by atoms with Crippen molar-refractivity contribution in [3.05, 3.63) is 41.0 Å². The van der Waals surface area contributed by atoms with E-state index in [1.165, 1.54) is 17.0 Å². The number of amides is 5. The minimum atomic E-state index is -4.07. The molecule has 12 heteroatoms. The van der Waals surface area contributed by atoms with E-state index in [2.05, 4.69) is 15.4 Å². The first kappa shape index (κ1) is 32.1. The van der Waals surface area contributed by atoms with E-state index >= 15 is 0 Å². The van der Waals surface area contributed by atoms with Gasteiger partial charge in [-0.1, -0.05) is 19.1 Å². The zero-order chi connectivity index (χ0) is 30.4. The number of benzene rings is 1. The maximum atomic E-state index is 12.7. The van der Waals surface area contributed by atoms with Crippen molar-refractivity contribution in [2.75, 3.05) is 19.7 Å². The van der Waals surface area contributed by atoms with Crippen molar-refractivity contribution in [1.82, 2.24) is 20.3 Å². The van der Waals surface area contributed by atoms with Crippen LogP contribution in [0, 0.1) is 11.3 Å². The lowest BCUT2D eigenvalue weighted by Gasteiger charge is -2.29. The number of sulfonamides is 1. The molecule has 226 valence electrons. The van der Waals surface area contributed by atoms with E-state index < -0.39 is 27.5 Å². The Bertz CT molecular complexity index is 1270.